The van der Waals surface area contributed by atoms with Crippen molar-refractivity contribution in [3.05, 3.63) is 34.9 Å². The summed E-state index contributed by atoms with van der Waals surface area (Å²) < 4.78 is 0. The summed E-state index contributed by atoms with van der Waals surface area (Å²) in [6, 6.07) is 7.48. The Morgan fingerprint density at radius 2 is 2.12 bits per heavy atom. The molecule has 3 rings (SSSR count). The lowest BCUT2D eigenvalue weighted by molar-refractivity contribution is 0.454. The molecule has 92 valence electrons. The number of aryl methyl sites for hydroxylation is 2. The molecule has 0 aliphatic heterocycles. The van der Waals surface area contributed by atoms with E-state index in [1.165, 1.54) is 31.2 Å². The van der Waals surface area contributed by atoms with Crippen LogP contribution in [-0.4, -0.2) is 6.04 Å². The van der Waals surface area contributed by atoms with Crippen LogP contribution in [0.5, 0.6) is 0 Å². The predicted molar refractivity (Wildman–Crippen MR) is 70.6 cm³/mol. The number of fused-ring (bicyclic) bond motifs is 1. The smallest absolute Gasteiger partial charge is 0.0281 e. The van der Waals surface area contributed by atoms with Gasteiger partial charge in [-0.2, -0.15) is 0 Å². The number of hydrazine groups is 1. The van der Waals surface area contributed by atoms with E-state index in [0.29, 0.717) is 6.04 Å². The number of nitrogens with two attached hydrogens (primary N) is 1. The Bertz CT molecular complexity index is 413. The van der Waals surface area contributed by atoms with Gasteiger partial charge in [0.25, 0.3) is 0 Å². The summed E-state index contributed by atoms with van der Waals surface area (Å²) in [6.07, 6.45) is 6.28. The molecular weight excluding hydrogens is 208 g/mol. The third kappa shape index (κ3) is 2.24. The lowest BCUT2D eigenvalue weighted by Gasteiger charge is -2.16. The molecule has 3 unspecified atom stereocenters. The minimum absolute atomic E-state index is 0.462. The van der Waals surface area contributed by atoms with Crippen LogP contribution in [0, 0.1) is 11.8 Å². The second kappa shape index (κ2) is 4.43. The molecule has 2 aliphatic rings. The van der Waals surface area contributed by atoms with Gasteiger partial charge in [0.2, 0.25) is 0 Å². The summed E-state index contributed by atoms with van der Waals surface area (Å²) in [7, 11) is 0. The lowest BCUT2D eigenvalue weighted by atomic mass is 9.98. The number of benzene rings is 1. The zero-order valence-corrected chi connectivity index (χ0v) is 10.6. The number of rotatable bonds is 4. The normalized spacial score (nSPS) is 27.9. The SMILES string of the molecule is CC1CC1C(Cc1ccc2c(c1)CCC2)NN. The van der Waals surface area contributed by atoms with E-state index in [0.717, 1.165) is 18.3 Å². The van der Waals surface area contributed by atoms with E-state index < -0.39 is 0 Å². The Morgan fingerprint density at radius 1 is 1.35 bits per heavy atom. The Balaban J connectivity index is 1.71. The van der Waals surface area contributed by atoms with Gasteiger partial charge in [-0.3, -0.25) is 11.3 Å². The summed E-state index contributed by atoms with van der Waals surface area (Å²) in [5.41, 5.74) is 7.59. The Hall–Kier alpha value is -0.860. The molecule has 0 spiro atoms. The Morgan fingerprint density at radius 3 is 2.82 bits per heavy atom. The molecule has 2 nitrogen and oxygen atoms in total. The van der Waals surface area contributed by atoms with E-state index in [1.807, 2.05) is 0 Å². The molecule has 2 aliphatic carbocycles. The van der Waals surface area contributed by atoms with Gasteiger partial charge in [-0.15, -0.1) is 0 Å². The van der Waals surface area contributed by atoms with E-state index >= 15 is 0 Å². The molecule has 0 saturated heterocycles. The van der Waals surface area contributed by atoms with Gasteiger partial charge in [-0.1, -0.05) is 25.1 Å². The number of hydrogen-bond donors (Lipinski definition) is 2. The second-order valence-electron chi connectivity index (χ2n) is 5.81. The van der Waals surface area contributed by atoms with Crippen LogP contribution in [0.4, 0.5) is 0 Å². The molecule has 0 bridgehead atoms. The highest BCUT2D eigenvalue weighted by Gasteiger charge is 2.38. The molecule has 0 heterocycles. The first-order valence-electron chi connectivity index (χ1n) is 6.84. The summed E-state index contributed by atoms with van der Waals surface area (Å²) >= 11 is 0. The molecule has 1 fully saturated rings. The van der Waals surface area contributed by atoms with Gasteiger partial charge in [0.15, 0.2) is 0 Å². The van der Waals surface area contributed by atoms with E-state index in [-0.39, 0.29) is 0 Å². The van der Waals surface area contributed by atoms with Crippen LogP contribution in [0.1, 0.15) is 36.5 Å². The topological polar surface area (TPSA) is 38.0 Å². The van der Waals surface area contributed by atoms with Crippen LogP contribution in [-0.2, 0) is 19.3 Å². The summed E-state index contributed by atoms with van der Waals surface area (Å²) in [4.78, 5) is 0. The monoisotopic (exact) mass is 230 g/mol. The standard InChI is InChI=1S/C15H22N2/c1-10-7-14(10)15(17-16)9-11-5-6-12-3-2-4-13(12)8-11/h5-6,8,10,14-15,17H,2-4,7,9,16H2,1H3. The molecule has 3 N–H and O–H groups in total. The summed E-state index contributed by atoms with van der Waals surface area (Å²) in [5.74, 6) is 7.32. The minimum Gasteiger partial charge on any atom is -0.271 e. The van der Waals surface area contributed by atoms with E-state index in [2.05, 4.69) is 30.5 Å². The molecule has 1 aromatic rings. The van der Waals surface area contributed by atoms with Gasteiger partial charge in [0.05, 0.1) is 0 Å². The fourth-order valence-electron chi connectivity index (χ4n) is 3.25. The van der Waals surface area contributed by atoms with Crippen LogP contribution in [0.2, 0.25) is 0 Å². The zero-order valence-electron chi connectivity index (χ0n) is 10.6. The summed E-state index contributed by atoms with van der Waals surface area (Å²) in [5, 5.41) is 0. The lowest BCUT2D eigenvalue weighted by Crippen LogP contribution is -2.38. The maximum Gasteiger partial charge on any atom is 0.0281 e. The molecule has 0 radical (unpaired) electrons. The molecule has 0 aromatic heterocycles. The summed E-state index contributed by atoms with van der Waals surface area (Å²) in [6.45, 7) is 2.32. The van der Waals surface area contributed by atoms with Crippen LogP contribution in [0.25, 0.3) is 0 Å². The van der Waals surface area contributed by atoms with Crippen molar-refractivity contribution in [3.8, 4) is 0 Å². The molecule has 0 amide bonds. The highest BCUT2D eigenvalue weighted by atomic mass is 15.2. The van der Waals surface area contributed by atoms with Gasteiger partial charge in [0.1, 0.15) is 0 Å². The van der Waals surface area contributed by atoms with Crippen molar-refractivity contribution in [2.75, 3.05) is 0 Å². The Labute approximate surface area is 104 Å². The molecule has 3 atom stereocenters. The van der Waals surface area contributed by atoms with Crippen molar-refractivity contribution >= 4 is 0 Å². The number of hydrogen-bond acceptors (Lipinski definition) is 2. The van der Waals surface area contributed by atoms with Crippen molar-refractivity contribution in [2.24, 2.45) is 17.7 Å². The first kappa shape index (κ1) is 11.2. The van der Waals surface area contributed by atoms with Crippen LogP contribution >= 0.6 is 0 Å². The number of nitrogens with one attached hydrogen (secondary N) is 1. The van der Waals surface area contributed by atoms with Crippen molar-refractivity contribution in [3.63, 3.8) is 0 Å². The third-order valence-electron chi connectivity index (χ3n) is 4.52. The van der Waals surface area contributed by atoms with Gasteiger partial charge in [-0.25, -0.2) is 0 Å². The largest absolute Gasteiger partial charge is 0.271 e. The fraction of sp³-hybridized carbons (Fsp3) is 0.600. The maximum atomic E-state index is 5.69. The average molecular weight is 230 g/mol. The van der Waals surface area contributed by atoms with E-state index in [1.54, 1.807) is 11.1 Å². The molecular formula is C15H22N2. The van der Waals surface area contributed by atoms with Crippen molar-refractivity contribution in [2.45, 2.75) is 45.1 Å². The minimum atomic E-state index is 0.462. The van der Waals surface area contributed by atoms with Crippen LogP contribution in [0.15, 0.2) is 18.2 Å². The molecule has 1 aromatic carbocycles. The predicted octanol–water partition coefficient (Wildman–Crippen LogP) is 2.21. The van der Waals surface area contributed by atoms with E-state index in [9.17, 15) is 0 Å². The highest BCUT2D eigenvalue weighted by molar-refractivity contribution is 5.35. The highest BCUT2D eigenvalue weighted by Crippen LogP contribution is 2.41. The van der Waals surface area contributed by atoms with Crippen molar-refractivity contribution < 1.29 is 0 Å². The van der Waals surface area contributed by atoms with Gasteiger partial charge < -0.3 is 0 Å². The average Bonchev–Trinajstić information content (AvgIpc) is 2.89. The second-order valence-corrected chi connectivity index (χ2v) is 5.81. The van der Waals surface area contributed by atoms with Gasteiger partial charge in [0, 0.05) is 6.04 Å². The Kier molecular flexibility index (Phi) is 2.93. The molecule has 2 heteroatoms. The van der Waals surface area contributed by atoms with E-state index in [4.69, 9.17) is 5.84 Å². The van der Waals surface area contributed by atoms with Crippen LogP contribution in [0.3, 0.4) is 0 Å². The van der Waals surface area contributed by atoms with Crippen molar-refractivity contribution in [1.82, 2.24) is 5.43 Å². The first-order valence-corrected chi connectivity index (χ1v) is 6.84. The van der Waals surface area contributed by atoms with Crippen LogP contribution < -0.4 is 11.3 Å². The third-order valence-corrected chi connectivity index (χ3v) is 4.52. The van der Waals surface area contributed by atoms with Crippen molar-refractivity contribution in [1.29, 1.82) is 0 Å². The molecule has 1 saturated carbocycles. The quantitative estimate of drug-likeness (QED) is 0.615. The van der Waals surface area contributed by atoms with Gasteiger partial charge >= 0.3 is 0 Å². The zero-order chi connectivity index (χ0) is 11.8. The maximum absolute atomic E-state index is 5.69. The van der Waals surface area contributed by atoms with Gasteiger partial charge in [-0.05, 0) is 60.6 Å². The fourth-order valence-corrected chi connectivity index (χ4v) is 3.25. The molecule has 17 heavy (non-hydrogen) atoms. The first-order chi connectivity index (χ1) is 8.28.